The first-order chi connectivity index (χ1) is 10.1. The number of benzene rings is 2. The van der Waals surface area contributed by atoms with Crippen molar-refractivity contribution >= 4 is 32.9 Å². The molecule has 5 nitrogen and oxygen atoms in total. The highest BCUT2D eigenvalue weighted by atomic mass is 79.9. The fraction of sp³-hybridized carbons (Fsp3) is 0.133. The van der Waals surface area contributed by atoms with Crippen LogP contribution < -0.4 is 0 Å². The van der Waals surface area contributed by atoms with E-state index in [1.54, 1.807) is 10.7 Å². The Kier molecular flexibility index (Phi) is 3.47. The van der Waals surface area contributed by atoms with E-state index in [9.17, 15) is 9.90 Å². The van der Waals surface area contributed by atoms with Crippen LogP contribution in [0.4, 0.5) is 0 Å². The molecule has 1 atom stereocenters. The highest BCUT2D eigenvalue weighted by Crippen LogP contribution is 2.25. The summed E-state index contributed by atoms with van der Waals surface area (Å²) < 4.78 is 2.73. The van der Waals surface area contributed by atoms with Gasteiger partial charge in [-0.2, -0.15) is 0 Å². The minimum atomic E-state index is -0.997. The smallest absolute Gasteiger partial charge is 0.338 e. The molecule has 106 valence electrons. The summed E-state index contributed by atoms with van der Waals surface area (Å²) in [6.07, 6.45) is 0. The van der Waals surface area contributed by atoms with Gasteiger partial charge in [-0.05, 0) is 36.8 Å². The number of carboxylic acid groups (broad SMARTS) is 1. The van der Waals surface area contributed by atoms with E-state index in [1.165, 1.54) is 6.07 Å². The Morgan fingerprint density at radius 3 is 2.76 bits per heavy atom. The van der Waals surface area contributed by atoms with Crippen LogP contribution in [0.3, 0.4) is 0 Å². The molecule has 0 aliphatic rings. The highest BCUT2D eigenvalue weighted by molar-refractivity contribution is 9.10. The van der Waals surface area contributed by atoms with Gasteiger partial charge >= 0.3 is 5.97 Å². The Labute approximate surface area is 129 Å². The number of aromatic carboxylic acids is 1. The summed E-state index contributed by atoms with van der Waals surface area (Å²) in [7, 11) is 0. The molecule has 0 saturated heterocycles. The molecule has 0 bridgehead atoms. The number of carboxylic acids is 1. The van der Waals surface area contributed by atoms with E-state index in [0.29, 0.717) is 11.0 Å². The topological polar surface area (TPSA) is 68.0 Å². The van der Waals surface area contributed by atoms with Gasteiger partial charge in [0.2, 0.25) is 0 Å². The third-order valence-electron chi connectivity index (χ3n) is 3.43. The molecule has 1 heterocycles. The van der Waals surface area contributed by atoms with Gasteiger partial charge in [-0.1, -0.05) is 39.3 Å². The SMILES string of the molecule is CC(c1cccc(Br)c1)n1nnc2c(C(=O)O)cccc21. The normalized spacial score (nSPS) is 12.5. The lowest BCUT2D eigenvalue weighted by Gasteiger charge is -2.13. The predicted molar refractivity (Wildman–Crippen MR) is 82.4 cm³/mol. The Balaban J connectivity index is 2.13. The molecule has 0 saturated carbocycles. The zero-order valence-electron chi connectivity index (χ0n) is 11.2. The average molecular weight is 346 g/mol. The van der Waals surface area contributed by atoms with Crippen molar-refractivity contribution < 1.29 is 9.90 Å². The molecule has 1 N–H and O–H groups in total. The lowest BCUT2D eigenvalue weighted by atomic mass is 10.1. The minimum Gasteiger partial charge on any atom is -0.478 e. The van der Waals surface area contributed by atoms with Crippen LogP contribution in [0.25, 0.3) is 11.0 Å². The summed E-state index contributed by atoms with van der Waals surface area (Å²) in [6.45, 7) is 2.00. The molecule has 1 unspecified atom stereocenters. The van der Waals surface area contributed by atoms with Crippen LogP contribution in [0.1, 0.15) is 28.9 Å². The van der Waals surface area contributed by atoms with Gasteiger partial charge in [0, 0.05) is 4.47 Å². The van der Waals surface area contributed by atoms with Crippen LogP contribution in [0.5, 0.6) is 0 Å². The zero-order valence-corrected chi connectivity index (χ0v) is 12.8. The molecule has 3 aromatic rings. The van der Waals surface area contributed by atoms with Crippen molar-refractivity contribution in [2.45, 2.75) is 13.0 Å². The fourth-order valence-corrected chi connectivity index (χ4v) is 2.75. The number of rotatable bonds is 3. The molecule has 1 aromatic heterocycles. The standard InChI is InChI=1S/C15H12BrN3O2/c1-9(10-4-2-5-11(16)8-10)19-13-7-3-6-12(15(20)21)14(13)17-18-19/h2-9H,1H3,(H,20,21). The number of fused-ring (bicyclic) bond motifs is 1. The Morgan fingerprint density at radius 2 is 2.05 bits per heavy atom. The van der Waals surface area contributed by atoms with Gasteiger partial charge in [0.15, 0.2) is 0 Å². The maximum Gasteiger partial charge on any atom is 0.338 e. The van der Waals surface area contributed by atoms with Crippen molar-refractivity contribution in [3.63, 3.8) is 0 Å². The molecule has 0 radical (unpaired) electrons. The molecule has 2 aromatic carbocycles. The fourth-order valence-electron chi connectivity index (χ4n) is 2.33. The first-order valence-corrected chi connectivity index (χ1v) is 7.20. The molecule has 0 aliphatic heterocycles. The molecule has 6 heteroatoms. The van der Waals surface area contributed by atoms with Crippen LogP contribution in [0.2, 0.25) is 0 Å². The summed E-state index contributed by atoms with van der Waals surface area (Å²) in [4.78, 5) is 11.2. The number of aromatic nitrogens is 3. The van der Waals surface area contributed by atoms with Crippen molar-refractivity contribution in [3.8, 4) is 0 Å². The second kappa shape index (κ2) is 5.29. The van der Waals surface area contributed by atoms with Crippen LogP contribution in [-0.2, 0) is 0 Å². The Hall–Kier alpha value is -2.21. The monoisotopic (exact) mass is 345 g/mol. The van der Waals surface area contributed by atoms with Gasteiger partial charge in [-0.25, -0.2) is 9.48 Å². The van der Waals surface area contributed by atoms with Gasteiger partial charge in [0.05, 0.1) is 17.1 Å². The van der Waals surface area contributed by atoms with E-state index in [2.05, 4.69) is 26.2 Å². The number of hydrogen-bond donors (Lipinski definition) is 1. The predicted octanol–water partition coefficient (Wildman–Crippen LogP) is 3.50. The summed E-state index contributed by atoms with van der Waals surface area (Å²) in [6, 6.07) is 13.0. The van der Waals surface area contributed by atoms with Crippen molar-refractivity contribution in [1.82, 2.24) is 15.0 Å². The Morgan fingerprint density at radius 1 is 1.29 bits per heavy atom. The molecule has 0 fully saturated rings. The van der Waals surface area contributed by atoms with Crippen LogP contribution in [0.15, 0.2) is 46.9 Å². The van der Waals surface area contributed by atoms with Crippen LogP contribution in [0, 0.1) is 0 Å². The second-order valence-corrected chi connectivity index (χ2v) is 5.66. The third kappa shape index (κ3) is 2.42. The van der Waals surface area contributed by atoms with Crippen molar-refractivity contribution in [2.75, 3.05) is 0 Å². The van der Waals surface area contributed by atoms with Gasteiger partial charge in [0.25, 0.3) is 0 Å². The molecular weight excluding hydrogens is 334 g/mol. The maximum absolute atomic E-state index is 11.2. The largest absolute Gasteiger partial charge is 0.478 e. The summed E-state index contributed by atoms with van der Waals surface area (Å²) in [5.74, 6) is -0.997. The lowest BCUT2D eigenvalue weighted by molar-refractivity contribution is 0.0699. The minimum absolute atomic E-state index is 0.0449. The molecule has 0 spiro atoms. The number of carbonyl (C=O) groups is 1. The van der Waals surface area contributed by atoms with E-state index in [0.717, 1.165) is 10.0 Å². The zero-order chi connectivity index (χ0) is 15.0. The quantitative estimate of drug-likeness (QED) is 0.788. The van der Waals surface area contributed by atoms with Crippen LogP contribution >= 0.6 is 15.9 Å². The molecule has 0 aliphatic carbocycles. The summed E-state index contributed by atoms with van der Waals surface area (Å²) in [5.41, 5.74) is 2.35. The van der Waals surface area contributed by atoms with Gasteiger partial charge < -0.3 is 5.11 Å². The van der Waals surface area contributed by atoms with E-state index < -0.39 is 5.97 Å². The lowest BCUT2D eigenvalue weighted by Crippen LogP contribution is -2.08. The molecule has 3 rings (SSSR count). The average Bonchev–Trinajstić information content (AvgIpc) is 2.90. The summed E-state index contributed by atoms with van der Waals surface area (Å²) in [5, 5.41) is 17.4. The van der Waals surface area contributed by atoms with E-state index in [1.807, 2.05) is 37.3 Å². The molecule has 21 heavy (non-hydrogen) atoms. The Bertz CT molecular complexity index is 829. The van der Waals surface area contributed by atoms with Gasteiger partial charge in [0.1, 0.15) is 5.52 Å². The second-order valence-electron chi connectivity index (χ2n) is 4.74. The highest BCUT2D eigenvalue weighted by Gasteiger charge is 2.17. The van der Waals surface area contributed by atoms with Gasteiger partial charge in [-0.3, -0.25) is 0 Å². The van der Waals surface area contributed by atoms with Crippen molar-refractivity contribution in [2.24, 2.45) is 0 Å². The number of hydrogen-bond acceptors (Lipinski definition) is 3. The summed E-state index contributed by atoms with van der Waals surface area (Å²) >= 11 is 3.45. The maximum atomic E-state index is 11.2. The molecule has 0 amide bonds. The van der Waals surface area contributed by atoms with E-state index in [4.69, 9.17) is 0 Å². The number of nitrogens with zero attached hydrogens (tertiary/aromatic N) is 3. The molecular formula is C15H12BrN3O2. The van der Waals surface area contributed by atoms with Gasteiger partial charge in [-0.15, -0.1) is 5.10 Å². The third-order valence-corrected chi connectivity index (χ3v) is 3.92. The van der Waals surface area contributed by atoms with Crippen LogP contribution in [-0.4, -0.2) is 26.1 Å². The first-order valence-electron chi connectivity index (χ1n) is 6.40. The van der Waals surface area contributed by atoms with E-state index in [-0.39, 0.29) is 11.6 Å². The van der Waals surface area contributed by atoms with E-state index >= 15 is 0 Å². The van der Waals surface area contributed by atoms with Crippen molar-refractivity contribution in [1.29, 1.82) is 0 Å². The number of halogens is 1. The first kappa shape index (κ1) is 13.8. The van der Waals surface area contributed by atoms with Crippen molar-refractivity contribution in [3.05, 3.63) is 58.1 Å².